The quantitative estimate of drug-likeness (QED) is 0.324. The average Bonchev–Trinajstić information content (AvgIpc) is 3.39. The fraction of sp³-hybridized carbons (Fsp3) is 0.273. The Bertz CT molecular complexity index is 1100. The molecule has 0 spiro atoms. The minimum Gasteiger partial charge on any atom is -0.496 e. The van der Waals surface area contributed by atoms with Crippen molar-refractivity contribution in [2.45, 2.75) is 25.4 Å². The summed E-state index contributed by atoms with van der Waals surface area (Å²) in [5.74, 6) is 1.67. The van der Waals surface area contributed by atoms with Gasteiger partial charge in [-0.25, -0.2) is 0 Å². The van der Waals surface area contributed by atoms with E-state index in [0.29, 0.717) is 22.2 Å². The monoisotopic (exact) mass is 438 g/mol. The first-order chi connectivity index (χ1) is 15.0. The van der Waals surface area contributed by atoms with Crippen LogP contribution in [0.1, 0.15) is 36.9 Å². The van der Waals surface area contributed by atoms with E-state index in [0.717, 1.165) is 24.4 Å². The Morgan fingerprint density at radius 1 is 1.29 bits per heavy atom. The Balaban J connectivity index is 1.73. The second kappa shape index (κ2) is 8.73. The smallest absolute Gasteiger partial charge is 0.273 e. The third kappa shape index (κ3) is 3.96. The van der Waals surface area contributed by atoms with E-state index in [-0.39, 0.29) is 17.8 Å². The van der Waals surface area contributed by atoms with Gasteiger partial charge in [0.1, 0.15) is 23.3 Å². The van der Waals surface area contributed by atoms with E-state index in [9.17, 15) is 10.1 Å². The van der Waals surface area contributed by atoms with E-state index in [1.807, 2.05) is 30.3 Å². The van der Waals surface area contributed by atoms with Crippen LogP contribution in [-0.4, -0.2) is 33.6 Å². The van der Waals surface area contributed by atoms with E-state index in [4.69, 9.17) is 21.4 Å². The maximum absolute atomic E-state index is 11.1. The molecule has 3 aromatic rings. The van der Waals surface area contributed by atoms with Crippen molar-refractivity contribution in [1.29, 1.82) is 0 Å². The van der Waals surface area contributed by atoms with Crippen LogP contribution in [0.4, 0.5) is 5.69 Å². The van der Waals surface area contributed by atoms with Crippen LogP contribution in [0.2, 0.25) is 0 Å². The summed E-state index contributed by atoms with van der Waals surface area (Å²) in [5, 5.41) is 15.1. The molecule has 4 rings (SSSR count). The summed E-state index contributed by atoms with van der Waals surface area (Å²) in [6.07, 6.45) is 2.69. The third-order valence-corrected chi connectivity index (χ3v) is 5.59. The Morgan fingerprint density at radius 2 is 2.13 bits per heavy atom. The van der Waals surface area contributed by atoms with Crippen molar-refractivity contribution in [3.05, 3.63) is 76.3 Å². The minimum absolute atomic E-state index is 0.0398. The lowest BCUT2D eigenvalue weighted by atomic mass is 10.0. The number of ether oxygens (including phenoxy) is 1. The fourth-order valence-electron chi connectivity index (χ4n) is 3.85. The summed E-state index contributed by atoms with van der Waals surface area (Å²) in [5.41, 5.74) is 1.48. The lowest BCUT2D eigenvalue weighted by Crippen LogP contribution is -2.30. The van der Waals surface area contributed by atoms with Crippen LogP contribution < -0.4 is 10.1 Å². The highest BCUT2D eigenvalue weighted by Crippen LogP contribution is 2.42. The molecule has 0 amide bonds. The molecular weight excluding hydrogens is 416 g/mol. The predicted molar refractivity (Wildman–Crippen MR) is 120 cm³/mol. The molecule has 0 saturated carbocycles. The van der Waals surface area contributed by atoms with Crippen LogP contribution in [-0.2, 0) is 0 Å². The maximum atomic E-state index is 11.1. The molecule has 8 nitrogen and oxygen atoms in total. The number of nitro groups is 1. The van der Waals surface area contributed by atoms with Gasteiger partial charge in [0.05, 0.1) is 35.4 Å². The lowest BCUT2D eigenvalue weighted by molar-refractivity contribution is -0.384. The third-order valence-electron chi connectivity index (χ3n) is 5.24. The van der Waals surface area contributed by atoms with Gasteiger partial charge in [0.15, 0.2) is 5.11 Å². The van der Waals surface area contributed by atoms with Gasteiger partial charge in [0.25, 0.3) is 5.69 Å². The Labute approximate surface area is 185 Å². The van der Waals surface area contributed by atoms with Gasteiger partial charge in [0, 0.05) is 18.8 Å². The normalized spacial score (nSPS) is 18.1. The molecule has 1 aromatic carbocycles. The molecule has 1 N–H and O–H groups in total. The van der Waals surface area contributed by atoms with Crippen molar-refractivity contribution in [1.82, 2.24) is 15.2 Å². The number of hydrogen-bond donors (Lipinski definition) is 1. The standard InChI is InChI=1S/C22H22N4O4S/c1-3-12-25-21(20(24-22(25)31)16-6-4-5-11-23-16)18-10-9-17(30-18)15-8-7-14(26(27)28)13-19(15)29-2/h4-11,13,20-21H,3,12H2,1-2H3,(H,24,31)/t20-,21+/m0/s1. The fourth-order valence-corrected chi connectivity index (χ4v) is 4.18. The van der Waals surface area contributed by atoms with Crippen LogP contribution in [0.25, 0.3) is 11.3 Å². The molecular formula is C22H22N4O4S. The lowest BCUT2D eigenvalue weighted by Gasteiger charge is -2.25. The Hall–Kier alpha value is -3.46. The number of thiocarbonyl (C=S) groups is 1. The first kappa shape index (κ1) is 20.8. The van der Waals surface area contributed by atoms with Crippen molar-refractivity contribution >= 4 is 23.0 Å². The highest BCUT2D eigenvalue weighted by molar-refractivity contribution is 7.80. The molecule has 160 valence electrons. The molecule has 1 saturated heterocycles. The van der Waals surface area contributed by atoms with Crippen molar-refractivity contribution < 1.29 is 14.1 Å². The molecule has 0 radical (unpaired) electrons. The molecule has 3 heterocycles. The van der Waals surface area contributed by atoms with Crippen LogP contribution in [0.15, 0.2) is 59.1 Å². The summed E-state index contributed by atoms with van der Waals surface area (Å²) in [6, 6.07) is 13.7. The summed E-state index contributed by atoms with van der Waals surface area (Å²) >= 11 is 5.60. The molecule has 1 aliphatic rings. The number of rotatable bonds is 7. The number of pyridine rings is 1. The van der Waals surface area contributed by atoms with E-state index in [2.05, 4.69) is 22.1 Å². The molecule has 31 heavy (non-hydrogen) atoms. The summed E-state index contributed by atoms with van der Waals surface area (Å²) in [4.78, 5) is 17.3. The number of hydrogen-bond acceptors (Lipinski definition) is 6. The summed E-state index contributed by atoms with van der Waals surface area (Å²) < 4.78 is 11.6. The van der Waals surface area contributed by atoms with Crippen LogP contribution in [0.5, 0.6) is 5.75 Å². The Kier molecular flexibility index (Phi) is 5.85. The number of nitrogens with zero attached hydrogens (tertiary/aromatic N) is 3. The molecule has 2 aromatic heterocycles. The van der Waals surface area contributed by atoms with Gasteiger partial charge in [-0.3, -0.25) is 15.1 Å². The average molecular weight is 439 g/mol. The largest absolute Gasteiger partial charge is 0.496 e. The van der Waals surface area contributed by atoms with E-state index < -0.39 is 4.92 Å². The number of nitrogens with one attached hydrogen (secondary N) is 1. The first-order valence-electron chi connectivity index (χ1n) is 9.94. The second-order valence-corrected chi connectivity index (χ2v) is 7.55. The number of benzene rings is 1. The molecule has 9 heteroatoms. The van der Waals surface area contributed by atoms with Gasteiger partial charge in [-0.1, -0.05) is 13.0 Å². The highest BCUT2D eigenvalue weighted by atomic mass is 32.1. The van der Waals surface area contributed by atoms with Crippen LogP contribution in [0.3, 0.4) is 0 Å². The van der Waals surface area contributed by atoms with Gasteiger partial charge in [-0.05, 0) is 49.0 Å². The molecule has 1 aliphatic heterocycles. The second-order valence-electron chi connectivity index (χ2n) is 7.16. The zero-order valence-corrected chi connectivity index (χ0v) is 18.0. The molecule has 0 bridgehead atoms. The zero-order valence-electron chi connectivity index (χ0n) is 17.1. The van der Waals surface area contributed by atoms with Crippen molar-refractivity contribution in [3.8, 4) is 17.1 Å². The number of furan rings is 1. The van der Waals surface area contributed by atoms with Crippen molar-refractivity contribution in [2.75, 3.05) is 13.7 Å². The predicted octanol–water partition coefficient (Wildman–Crippen LogP) is 4.64. The minimum atomic E-state index is -0.453. The molecule has 0 unspecified atom stereocenters. The van der Waals surface area contributed by atoms with E-state index >= 15 is 0 Å². The van der Waals surface area contributed by atoms with Gasteiger partial charge in [-0.2, -0.15) is 0 Å². The number of aromatic nitrogens is 1. The van der Waals surface area contributed by atoms with Crippen LogP contribution in [0, 0.1) is 10.1 Å². The van der Waals surface area contributed by atoms with Crippen molar-refractivity contribution in [2.24, 2.45) is 0 Å². The molecule has 1 fully saturated rings. The number of non-ortho nitro benzene ring substituents is 1. The topological polar surface area (TPSA) is 93.7 Å². The Morgan fingerprint density at radius 3 is 2.81 bits per heavy atom. The van der Waals surface area contributed by atoms with Gasteiger partial charge < -0.3 is 19.4 Å². The van der Waals surface area contributed by atoms with E-state index in [1.54, 1.807) is 12.3 Å². The highest BCUT2D eigenvalue weighted by Gasteiger charge is 2.41. The van der Waals surface area contributed by atoms with Gasteiger partial charge >= 0.3 is 0 Å². The van der Waals surface area contributed by atoms with E-state index in [1.165, 1.54) is 19.2 Å². The number of methoxy groups -OCH3 is 1. The maximum Gasteiger partial charge on any atom is 0.273 e. The zero-order chi connectivity index (χ0) is 22.0. The van der Waals surface area contributed by atoms with Gasteiger partial charge in [0.2, 0.25) is 0 Å². The summed E-state index contributed by atoms with van der Waals surface area (Å²) in [6.45, 7) is 2.87. The van der Waals surface area contributed by atoms with Crippen LogP contribution >= 0.6 is 12.2 Å². The first-order valence-corrected chi connectivity index (χ1v) is 10.3. The molecule has 0 aliphatic carbocycles. The SMILES string of the molecule is CCCN1C(=S)N[C@@H](c2ccccn2)[C@H]1c1ccc(-c2ccc([N+](=O)[O-])cc2OC)o1. The number of nitro benzene ring substituents is 1. The summed E-state index contributed by atoms with van der Waals surface area (Å²) in [7, 11) is 1.48. The molecule has 2 atom stereocenters. The van der Waals surface area contributed by atoms with Gasteiger partial charge in [-0.15, -0.1) is 0 Å². The van der Waals surface area contributed by atoms with Crippen molar-refractivity contribution in [3.63, 3.8) is 0 Å².